The number of nitrogens with one attached hydrogen (secondary N) is 1. The number of thiazole rings is 1. The van der Waals surface area contributed by atoms with E-state index in [2.05, 4.69) is 10.3 Å². The van der Waals surface area contributed by atoms with Crippen LogP contribution >= 0.6 is 11.3 Å². The molecule has 0 radical (unpaired) electrons. The van der Waals surface area contributed by atoms with Crippen LogP contribution in [0.1, 0.15) is 44.4 Å². The quantitative estimate of drug-likeness (QED) is 0.867. The lowest BCUT2D eigenvalue weighted by Gasteiger charge is -2.21. The molecule has 1 rings (SSSR count). The Balaban J connectivity index is 2.52. The van der Waals surface area contributed by atoms with Crippen LogP contribution in [0.2, 0.25) is 0 Å². The summed E-state index contributed by atoms with van der Waals surface area (Å²) < 4.78 is 5.16. The normalized spacial score (nSPS) is 13.3. The molecule has 1 unspecified atom stereocenters. The van der Waals surface area contributed by atoms with Crippen LogP contribution < -0.4 is 5.32 Å². The lowest BCUT2D eigenvalue weighted by atomic mass is 10.2. The number of ether oxygens (including phenoxy) is 1. The van der Waals surface area contributed by atoms with Gasteiger partial charge in [0.1, 0.15) is 10.6 Å². The first kappa shape index (κ1) is 13.0. The summed E-state index contributed by atoms with van der Waals surface area (Å²) in [5, 5.41) is 5.61. The number of hydrogen-bond acceptors (Lipinski definition) is 4. The lowest BCUT2D eigenvalue weighted by Crippen LogP contribution is -2.34. The molecule has 1 N–H and O–H groups in total. The maximum absolute atomic E-state index is 11.5. The smallest absolute Gasteiger partial charge is 0.408 e. The number of hydrogen-bond donors (Lipinski definition) is 1. The summed E-state index contributed by atoms with van der Waals surface area (Å²) in [6, 6.07) is -0.117. The highest BCUT2D eigenvalue weighted by atomic mass is 32.1. The molecule has 0 bridgehead atoms. The van der Waals surface area contributed by atoms with E-state index in [0.29, 0.717) is 0 Å². The van der Waals surface area contributed by atoms with Crippen LogP contribution in [0.3, 0.4) is 0 Å². The summed E-state index contributed by atoms with van der Waals surface area (Å²) in [5.74, 6) is 0. The number of amides is 1. The molecule has 1 aromatic rings. The van der Waals surface area contributed by atoms with Crippen molar-refractivity contribution in [3.05, 3.63) is 16.1 Å². The van der Waals surface area contributed by atoms with E-state index in [1.54, 1.807) is 0 Å². The van der Waals surface area contributed by atoms with E-state index in [1.165, 1.54) is 11.3 Å². The Hall–Kier alpha value is -1.10. The molecule has 4 nitrogen and oxygen atoms in total. The van der Waals surface area contributed by atoms with Gasteiger partial charge in [0.05, 0.1) is 6.04 Å². The van der Waals surface area contributed by atoms with Crippen molar-refractivity contribution in [2.75, 3.05) is 0 Å². The van der Waals surface area contributed by atoms with Crippen LogP contribution in [0.4, 0.5) is 4.79 Å². The van der Waals surface area contributed by atoms with Crippen LogP contribution in [-0.4, -0.2) is 16.7 Å². The van der Waals surface area contributed by atoms with Crippen molar-refractivity contribution >= 4 is 17.4 Å². The van der Waals surface area contributed by atoms with Gasteiger partial charge >= 0.3 is 6.09 Å². The third-order valence-corrected chi connectivity index (χ3v) is 2.89. The lowest BCUT2D eigenvalue weighted by molar-refractivity contribution is 0.0508. The molecular weight excluding hydrogens is 224 g/mol. The number of rotatable bonds is 2. The van der Waals surface area contributed by atoms with E-state index < -0.39 is 11.7 Å². The highest BCUT2D eigenvalue weighted by Gasteiger charge is 2.19. The predicted octanol–water partition coefficient (Wildman–Crippen LogP) is 3.04. The molecule has 5 heteroatoms. The molecule has 0 saturated heterocycles. The van der Waals surface area contributed by atoms with E-state index in [1.807, 2.05) is 40.0 Å². The van der Waals surface area contributed by atoms with Crippen LogP contribution in [-0.2, 0) is 4.74 Å². The summed E-state index contributed by atoms with van der Waals surface area (Å²) in [6.45, 7) is 9.34. The topological polar surface area (TPSA) is 51.2 Å². The second kappa shape index (κ2) is 4.82. The molecule has 0 spiro atoms. The fourth-order valence-electron chi connectivity index (χ4n) is 1.12. The fourth-order valence-corrected chi connectivity index (χ4v) is 1.92. The zero-order valence-corrected chi connectivity index (χ0v) is 11.1. The number of alkyl carbamates (subject to hydrolysis) is 1. The van der Waals surface area contributed by atoms with Gasteiger partial charge in [-0.2, -0.15) is 0 Å². The Kier molecular flexibility index (Phi) is 3.91. The van der Waals surface area contributed by atoms with Crippen LogP contribution in [0, 0.1) is 6.92 Å². The summed E-state index contributed by atoms with van der Waals surface area (Å²) >= 11 is 1.54. The van der Waals surface area contributed by atoms with Crippen molar-refractivity contribution in [1.82, 2.24) is 10.3 Å². The second-order valence-electron chi connectivity index (χ2n) is 4.70. The van der Waals surface area contributed by atoms with Gasteiger partial charge in [0.25, 0.3) is 0 Å². The highest BCUT2D eigenvalue weighted by molar-refractivity contribution is 7.09. The Labute approximate surface area is 100 Å². The predicted molar refractivity (Wildman–Crippen MR) is 64.6 cm³/mol. The maximum Gasteiger partial charge on any atom is 0.408 e. The van der Waals surface area contributed by atoms with Gasteiger partial charge in [-0.1, -0.05) is 0 Å². The average molecular weight is 242 g/mol. The number of aryl methyl sites for hydroxylation is 1. The van der Waals surface area contributed by atoms with Gasteiger partial charge in [0.2, 0.25) is 0 Å². The molecule has 0 aliphatic rings. The van der Waals surface area contributed by atoms with Crippen molar-refractivity contribution in [2.45, 2.75) is 46.3 Å². The molecule has 1 amide bonds. The van der Waals surface area contributed by atoms with Crippen LogP contribution in [0.25, 0.3) is 0 Å². The Bertz CT molecular complexity index is 368. The molecule has 90 valence electrons. The van der Waals surface area contributed by atoms with E-state index in [0.717, 1.165) is 10.7 Å². The van der Waals surface area contributed by atoms with Crippen molar-refractivity contribution in [2.24, 2.45) is 0 Å². The van der Waals surface area contributed by atoms with Gasteiger partial charge in [0, 0.05) is 11.1 Å². The van der Waals surface area contributed by atoms with Crippen molar-refractivity contribution in [1.29, 1.82) is 0 Å². The molecule has 0 saturated carbocycles. The standard InChI is InChI=1S/C11H18N2O2S/c1-7-6-16-9(12-7)8(2)13-10(14)15-11(3,4)5/h6,8H,1-5H3,(H,13,14). The zero-order valence-electron chi connectivity index (χ0n) is 10.3. The SMILES string of the molecule is Cc1csc(C(C)NC(=O)OC(C)(C)C)n1. The summed E-state index contributed by atoms with van der Waals surface area (Å²) in [5.41, 5.74) is 0.501. The molecule has 16 heavy (non-hydrogen) atoms. The Morgan fingerprint density at radius 2 is 2.19 bits per heavy atom. The van der Waals surface area contributed by atoms with Gasteiger partial charge in [-0.15, -0.1) is 11.3 Å². The number of aromatic nitrogens is 1. The molecule has 1 heterocycles. The zero-order chi connectivity index (χ0) is 12.3. The fraction of sp³-hybridized carbons (Fsp3) is 0.636. The minimum Gasteiger partial charge on any atom is -0.444 e. The van der Waals surface area contributed by atoms with Crippen LogP contribution in [0.15, 0.2) is 5.38 Å². The minimum absolute atomic E-state index is 0.117. The first-order valence-electron chi connectivity index (χ1n) is 5.19. The van der Waals surface area contributed by atoms with Gasteiger partial charge in [-0.3, -0.25) is 0 Å². The van der Waals surface area contributed by atoms with E-state index in [-0.39, 0.29) is 6.04 Å². The molecule has 1 aromatic heterocycles. The third kappa shape index (κ3) is 4.18. The largest absolute Gasteiger partial charge is 0.444 e. The molecule has 1 atom stereocenters. The van der Waals surface area contributed by atoms with E-state index in [9.17, 15) is 4.79 Å². The van der Waals surface area contributed by atoms with Gasteiger partial charge in [0.15, 0.2) is 0 Å². The average Bonchev–Trinajstić information content (AvgIpc) is 2.47. The Morgan fingerprint density at radius 3 is 2.62 bits per heavy atom. The third-order valence-electron chi connectivity index (χ3n) is 1.74. The minimum atomic E-state index is -0.470. The second-order valence-corrected chi connectivity index (χ2v) is 5.58. The van der Waals surface area contributed by atoms with E-state index in [4.69, 9.17) is 4.74 Å². The molecule has 0 aromatic carbocycles. The van der Waals surface area contributed by atoms with Gasteiger partial charge < -0.3 is 10.1 Å². The summed E-state index contributed by atoms with van der Waals surface area (Å²) in [4.78, 5) is 15.8. The first-order valence-corrected chi connectivity index (χ1v) is 6.07. The number of nitrogens with zero attached hydrogens (tertiary/aromatic N) is 1. The number of carbonyl (C=O) groups is 1. The molecular formula is C11H18N2O2S. The summed E-state index contributed by atoms with van der Waals surface area (Å²) in [6.07, 6.45) is -0.409. The van der Waals surface area contributed by atoms with Crippen molar-refractivity contribution in [3.63, 3.8) is 0 Å². The van der Waals surface area contributed by atoms with Crippen molar-refractivity contribution < 1.29 is 9.53 Å². The van der Waals surface area contributed by atoms with Crippen LogP contribution in [0.5, 0.6) is 0 Å². The van der Waals surface area contributed by atoms with Gasteiger partial charge in [-0.05, 0) is 34.6 Å². The van der Waals surface area contributed by atoms with Crippen molar-refractivity contribution in [3.8, 4) is 0 Å². The van der Waals surface area contributed by atoms with E-state index >= 15 is 0 Å². The maximum atomic E-state index is 11.5. The summed E-state index contributed by atoms with van der Waals surface area (Å²) in [7, 11) is 0. The monoisotopic (exact) mass is 242 g/mol. The van der Waals surface area contributed by atoms with Gasteiger partial charge in [-0.25, -0.2) is 9.78 Å². The Morgan fingerprint density at radius 1 is 1.56 bits per heavy atom. The molecule has 0 aliphatic heterocycles. The highest BCUT2D eigenvalue weighted by Crippen LogP contribution is 2.18. The number of carbonyl (C=O) groups excluding carboxylic acids is 1. The molecule has 0 aliphatic carbocycles. The molecule has 0 fully saturated rings. The first-order chi connectivity index (χ1) is 7.28.